The van der Waals surface area contributed by atoms with Gasteiger partial charge in [0.1, 0.15) is 12.6 Å². The SMILES string of the molecule is CCC(C)(C)C(=O)C(=O)N1CCCC[C@H]1C(=O)OC/C=C/c1cccc(CCCc2ccc3c(c2)OCO3)c1. The number of ketones is 1. The van der Waals surface area contributed by atoms with Crippen molar-refractivity contribution >= 4 is 23.7 Å². The second kappa shape index (κ2) is 13.0. The molecule has 4 rings (SSSR count). The lowest BCUT2D eigenvalue weighted by atomic mass is 9.84. The van der Waals surface area contributed by atoms with Crippen LogP contribution in [0, 0.1) is 5.41 Å². The number of carbonyl (C=O) groups is 3. The van der Waals surface area contributed by atoms with Crippen LogP contribution in [0.3, 0.4) is 0 Å². The number of aryl methyl sites for hydroxylation is 2. The van der Waals surface area contributed by atoms with Crippen LogP contribution in [0.5, 0.6) is 11.5 Å². The molecule has 2 aromatic rings. The predicted octanol–water partition coefficient (Wildman–Crippen LogP) is 5.53. The summed E-state index contributed by atoms with van der Waals surface area (Å²) in [7, 11) is 0. The first-order valence-electron chi connectivity index (χ1n) is 13.9. The number of hydrogen-bond donors (Lipinski definition) is 0. The number of hydrogen-bond acceptors (Lipinski definition) is 6. The van der Waals surface area contributed by atoms with Gasteiger partial charge in [-0.2, -0.15) is 0 Å². The van der Waals surface area contributed by atoms with E-state index in [0.717, 1.165) is 49.2 Å². The fourth-order valence-corrected chi connectivity index (χ4v) is 4.86. The van der Waals surface area contributed by atoms with Crippen LogP contribution in [-0.2, 0) is 32.0 Å². The second-order valence-corrected chi connectivity index (χ2v) is 10.9. The molecule has 2 aromatic carbocycles. The van der Waals surface area contributed by atoms with Crippen molar-refractivity contribution in [2.75, 3.05) is 19.9 Å². The van der Waals surface area contributed by atoms with Crippen molar-refractivity contribution in [2.24, 2.45) is 5.41 Å². The van der Waals surface area contributed by atoms with Crippen LogP contribution >= 0.6 is 0 Å². The van der Waals surface area contributed by atoms with E-state index in [0.29, 0.717) is 19.4 Å². The molecule has 0 saturated carbocycles. The van der Waals surface area contributed by atoms with Crippen molar-refractivity contribution in [3.05, 3.63) is 65.2 Å². The van der Waals surface area contributed by atoms with Gasteiger partial charge in [-0.25, -0.2) is 4.79 Å². The lowest BCUT2D eigenvalue weighted by molar-refractivity contribution is -0.160. The number of benzene rings is 2. The molecule has 1 amide bonds. The molecule has 0 radical (unpaired) electrons. The lowest BCUT2D eigenvalue weighted by Gasteiger charge is -2.35. The van der Waals surface area contributed by atoms with E-state index in [-0.39, 0.29) is 13.4 Å². The summed E-state index contributed by atoms with van der Waals surface area (Å²) in [5, 5.41) is 0. The first kappa shape index (κ1) is 28.4. The molecule has 208 valence electrons. The smallest absolute Gasteiger partial charge is 0.329 e. The monoisotopic (exact) mass is 533 g/mol. The highest BCUT2D eigenvalue weighted by molar-refractivity contribution is 6.38. The van der Waals surface area contributed by atoms with Crippen LogP contribution in [0.1, 0.15) is 69.6 Å². The normalized spacial score (nSPS) is 16.9. The molecule has 2 aliphatic heterocycles. The fraction of sp³-hybridized carbons (Fsp3) is 0.469. The second-order valence-electron chi connectivity index (χ2n) is 10.9. The van der Waals surface area contributed by atoms with Gasteiger partial charge in [0.05, 0.1) is 0 Å². The number of ether oxygens (including phenoxy) is 3. The molecular formula is C32H39NO6. The van der Waals surface area contributed by atoms with Gasteiger partial charge in [0.25, 0.3) is 5.91 Å². The molecule has 1 atom stereocenters. The summed E-state index contributed by atoms with van der Waals surface area (Å²) in [4.78, 5) is 39.9. The molecule has 7 nitrogen and oxygen atoms in total. The third-order valence-electron chi connectivity index (χ3n) is 7.68. The molecule has 0 spiro atoms. The standard InChI is InChI=1S/C32H39NO6/c1-4-32(2,3)29(34)30(35)33-18-6-5-15-26(33)31(36)37-19-9-14-24-12-7-10-23(20-24)11-8-13-25-16-17-27-28(21-25)39-22-38-27/h7,9-10,12,14,16-17,20-21,26H,4-6,8,11,13,15,18-19,22H2,1-3H3/b14-9+/t26-/m0/s1. The number of rotatable bonds is 11. The fourth-order valence-electron chi connectivity index (χ4n) is 4.86. The average molecular weight is 534 g/mol. The van der Waals surface area contributed by atoms with Crippen LogP contribution < -0.4 is 9.47 Å². The molecule has 0 unspecified atom stereocenters. The Morgan fingerprint density at radius 1 is 1.03 bits per heavy atom. The molecular weight excluding hydrogens is 494 g/mol. The Kier molecular flexibility index (Phi) is 9.44. The Balaban J connectivity index is 1.25. The van der Waals surface area contributed by atoms with Crippen molar-refractivity contribution in [3.8, 4) is 11.5 Å². The zero-order chi connectivity index (χ0) is 27.8. The number of piperidine rings is 1. The molecule has 2 aliphatic rings. The first-order chi connectivity index (χ1) is 18.8. The quantitative estimate of drug-likeness (QED) is 0.279. The third kappa shape index (κ3) is 7.28. The third-order valence-corrected chi connectivity index (χ3v) is 7.68. The number of likely N-dealkylation sites (tertiary alicyclic amines) is 1. The molecule has 1 saturated heterocycles. The summed E-state index contributed by atoms with van der Waals surface area (Å²) in [6.45, 7) is 6.22. The minimum atomic E-state index is -0.744. The van der Waals surface area contributed by atoms with Gasteiger partial charge >= 0.3 is 5.97 Å². The zero-order valence-corrected chi connectivity index (χ0v) is 23.2. The van der Waals surface area contributed by atoms with Gasteiger partial charge in [-0.3, -0.25) is 9.59 Å². The number of carbonyl (C=O) groups excluding carboxylic acids is 3. The van der Waals surface area contributed by atoms with Gasteiger partial charge in [0.15, 0.2) is 11.5 Å². The number of nitrogens with zero attached hydrogens (tertiary/aromatic N) is 1. The summed E-state index contributed by atoms with van der Waals surface area (Å²) in [5.41, 5.74) is 2.76. The van der Waals surface area contributed by atoms with Gasteiger partial charge in [-0.05, 0) is 79.8 Å². The van der Waals surface area contributed by atoms with Gasteiger partial charge < -0.3 is 19.1 Å². The molecule has 1 fully saturated rings. The summed E-state index contributed by atoms with van der Waals surface area (Å²) >= 11 is 0. The molecule has 0 aromatic heterocycles. The molecule has 39 heavy (non-hydrogen) atoms. The van der Waals surface area contributed by atoms with E-state index in [9.17, 15) is 14.4 Å². The van der Waals surface area contributed by atoms with Gasteiger partial charge in [0.2, 0.25) is 12.6 Å². The number of amides is 1. The Bertz CT molecular complexity index is 1220. The predicted molar refractivity (Wildman–Crippen MR) is 149 cm³/mol. The molecule has 2 heterocycles. The van der Waals surface area contributed by atoms with Crippen LogP contribution in [0.2, 0.25) is 0 Å². The minimum Gasteiger partial charge on any atom is -0.460 e. The van der Waals surface area contributed by atoms with E-state index < -0.39 is 29.1 Å². The maximum absolute atomic E-state index is 12.9. The largest absolute Gasteiger partial charge is 0.460 e. The lowest BCUT2D eigenvalue weighted by Crippen LogP contribution is -2.53. The van der Waals surface area contributed by atoms with E-state index in [2.05, 4.69) is 24.3 Å². The van der Waals surface area contributed by atoms with Crippen molar-refractivity contribution < 1.29 is 28.6 Å². The minimum absolute atomic E-state index is 0.111. The van der Waals surface area contributed by atoms with Crippen molar-refractivity contribution in [3.63, 3.8) is 0 Å². The van der Waals surface area contributed by atoms with Crippen molar-refractivity contribution in [1.29, 1.82) is 0 Å². The highest BCUT2D eigenvalue weighted by atomic mass is 16.7. The number of fused-ring (bicyclic) bond motifs is 1. The summed E-state index contributed by atoms with van der Waals surface area (Å²) in [5.74, 6) is 0.151. The van der Waals surface area contributed by atoms with Crippen LogP contribution in [0.25, 0.3) is 6.08 Å². The van der Waals surface area contributed by atoms with E-state index in [1.807, 2.05) is 37.3 Å². The Morgan fingerprint density at radius 2 is 1.79 bits per heavy atom. The number of esters is 1. The molecule has 0 bridgehead atoms. The topological polar surface area (TPSA) is 82.1 Å². The van der Waals surface area contributed by atoms with Gasteiger partial charge in [0, 0.05) is 12.0 Å². The summed E-state index contributed by atoms with van der Waals surface area (Å²) in [6.07, 6.45) is 9.34. The van der Waals surface area contributed by atoms with E-state index in [4.69, 9.17) is 14.2 Å². The Morgan fingerprint density at radius 3 is 2.59 bits per heavy atom. The molecule has 0 aliphatic carbocycles. The first-order valence-corrected chi connectivity index (χ1v) is 13.9. The van der Waals surface area contributed by atoms with Gasteiger partial charge in [-0.15, -0.1) is 0 Å². The van der Waals surface area contributed by atoms with Crippen molar-refractivity contribution in [2.45, 2.75) is 71.8 Å². The van der Waals surface area contributed by atoms with E-state index in [1.165, 1.54) is 16.0 Å². The highest BCUT2D eigenvalue weighted by Crippen LogP contribution is 2.33. The Hall–Kier alpha value is -3.61. The van der Waals surface area contributed by atoms with E-state index in [1.54, 1.807) is 13.8 Å². The van der Waals surface area contributed by atoms with Crippen LogP contribution in [0.15, 0.2) is 48.5 Å². The van der Waals surface area contributed by atoms with Crippen molar-refractivity contribution in [1.82, 2.24) is 4.90 Å². The molecule has 7 heteroatoms. The molecule has 0 N–H and O–H groups in total. The maximum atomic E-state index is 12.9. The number of Topliss-reactive ketones (excluding diaryl/α,β-unsaturated/α-hetero) is 1. The Labute approximate surface area is 231 Å². The maximum Gasteiger partial charge on any atom is 0.329 e. The zero-order valence-electron chi connectivity index (χ0n) is 23.2. The van der Waals surface area contributed by atoms with Crippen LogP contribution in [0.4, 0.5) is 0 Å². The highest BCUT2D eigenvalue weighted by Gasteiger charge is 2.40. The van der Waals surface area contributed by atoms with Crippen LogP contribution in [-0.4, -0.2) is 48.5 Å². The summed E-state index contributed by atoms with van der Waals surface area (Å²) in [6, 6.07) is 13.7. The average Bonchev–Trinajstić information content (AvgIpc) is 3.43. The summed E-state index contributed by atoms with van der Waals surface area (Å²) < 4.78 is 16.3. The van der Waals surface area contributed by atoms with E-state index >= 15 is 0 Å². The van der Waals surface area contributed by atoms with Gasteiger partial charge in [-0.1, -0.05) is 57.2 Å².